The number of aromatic nitrogens is 2. The van der Waals surface area contributed by atoms with Gasteiger partial charge in [0.2, 0.25) is 0 Å². The van der Waals surface area contributed by atoms with E-state index >= 15 is 0 Å². The van der Waals surface area contributed by atoms with E-state index in [4.69, 9.17) is 0 Å². The van der Waals surface area contributed by atoms with Crippen LogP contribution in [0.15, 0.2) is 48.5 Å². The van der Waals surface area contributed by atoms with Crippen molar-refractivity contribution in [3.8, 4) is 17.3 Å². The first-order valence-electron chi connectivity index (χ1n) is 9.39. The number of anilines is 1. The van der Waals surface area contributed by atoms with Crippen LogP contribution in [0.4, 0.5) is 5.69 Å². The minimum absolute atomic E-state index is 0.0786. The number of fused-ring (bicyclic) bond motifs is 1. The molecule has 0 N–H and O–H groups in total. The molecule has 0 unspecified atom stereocenters. The van der Waals surface area contributed by atoms with E-state index in [1.165, 1.54) is 0 Å². The lowest BCUT2D eigenvalue weighted by Gasteiger charge is -2.35. The summed E-state index contributed by atoms with van der Waals surface area (Å²) in [6.45, 7) is 6.82. The number of rotatable bonds is 3. The van der Waals surface area contributed by atoms with Gasteiger partial charge < -0.3 is 20.2 Å². The lowest BCUT2D eigenvalue weighted by atomic mass is 10.1. The molecule has 1 aliphatic heterocycles. The minimum Gasteiger partial charge on any atom is -0.617 e. The van der Waals surface area contributed by atoms with Crippen LogP contribution in [0.25, 0.3) is 22.3 Å². The predicted octanol–water partition coefficient (Wildman–Crippen LogP) is 1.79. The van der Waals surface area contributed by atoms with E-state index in [1.807, 2.05) is 18.2 Å². The van der Waals surface area contributed by atoms with E-state index in [0.717, 1.165) is 38.4 Å². The zero-order chi connectivity index (χ0) is 19.7. The zero-order valence-corrected chi connectivity index (χ0v) is 15.7. The molecule has 1 aromatic heterocycles. The summed E-state index contributed by atoms with van der Waals surface area (Å²) >= 11 is 0. The molecule has 0 amide bonds. The monoisotopic (exact) mass is 375 g/mol. The second-order valence-electron chi connectivity index (χ2n) is 6.86. The Morgan fingerprint density at radius 3 is 2.32 bits per heavy atom. The lowest BCUT2D eigenvalue weighted by molar-refractivity contribution is -0.622. The fraction of sp³-hybridized carbons (Fsp3) is 0.286. The smallest absolute Gasteiger partial charge is 0.369 e. The highest BCUT2D eigenvalue weighted by Crippen LogP contribution is 2.24. The van der Waals surface area contributed by atoms with Gasteiger partial charge in [0, 0.05) is 44.0 Å². The predicted molar refractivity (Wildman–Crippen MR) is 106 cm³/mol. The van der Waals surface area contributed by atoms with Crippen molar-refractivity contribution in [3.63, 3.8) is 0 Å². The van der Waals surface area contributed by atoms with Crippen molar-refractivity contribution in [2.45, 2.75) is 6.92 Å². The number of nitrogens with zero attached hydrogens (tertiary/aromatic N) is 5. The maximum atomic E-state index is 13.0. The largest absolute Gasteiger partial charge is 0.617 e. The van der Waals surface area contributed by atoms with Gasteiger partial charge in [0.1, 0.15) is 0 Å². The SMILES string of the molecule is CCN1CCN(c2ccc3c(c2)[n+]([O-])c(C#N)c(-c2ccccc2)[n+]3[O-])CC1. The molecule has 0 bridgehead atoms. The maximum Gasteiger partial charge on any atom is 0.369 e. The second kappa shape index (κ2) is 7.33. The van der Waals surface area contributed by atoms with Crippen LogP contribution >= 0.6 is 0 Å². The van der Waals surface area contributed by atoms with Crippen molar-refractivity contribution >= 4 is 16.7 Å². The first-order valence-corrected chi connectivity index (χ1v) is 9.39. The Morgan fingerprint density at radius 2 is 1.68 bits per heavy atom. The van der Waals surface area contributed by atoms with Gasteiger partial charge in [0.05, 0.1) is 5.56 Å². The molecule has 1 aliphatic rings. The fourth-order valence-electron chi connectivity index (χ4n) is 3.75. The van der Waals surface area contributed by atoms with Gasteiger partial charge in [-0.2, -0.15) is 9.99 Å². The first-order chi connectivity index (χ1) is 13.6. The van der Waals surface area contributed by atoms with Crippen molar-refractivity contribution in [2.75, 3.05) is 37.6 Å². The van der Waals surface area contributed by atoms with Gasteiger partial charge in [-0.1, -0.05) is 25.1 Å². The van der Waals surface area contributed by atoms with Gasteiger partial charge in [-0.25, -0.2) is 0 Å². The molecule has 28 heavy (non-hydrogen) atoms. The van der Waals surface area contributed by atoms with Gasteiger partial charge in [-0.15, -0.1) is 4.73 Å². The summed E-state index contributed by atoms with van der Waals surface area (Å²) in [5.41, 5.74) is 1.78. The quantitative estimate of drug-likeness (QED) is 0.515. The Kier molecular flexibility index (Phi) is 4.72. The Balaban J connectivity index is 1.83. The van der Waals surface area contributed by atoms with E-state index < -0.39 is 0 Å². The first kappa shape index (κ1) is 18.0. The van der Waals surface area contributed by atoms with E-state index in [1.54, 1.807) is 36.4 Å². The molecule has 7 nitrogen and oxygen atoms in total. The van der Waals surface area contributed by atoms with Gasteiger partial charge in [-0.3, -0.25) is 0 Å². The summed E-state index contributed by atoms with van der Waals surface area (Å²) in [5, 5.41) is 35.6. The van der Waals surface area contributed by atoms with Crippen LogP contribution in [-0.4, -0.2) is 37.6 Å². The molecule has 0 spiro atoms. The Morgan fingerprint density at radius 1 is 0.964 bits per heavy atom. The maximum absolute atomic E-state index is 13.0. The lowest BCUT2D eigenvalue weighted by Crippen LogP contribution is -2.46. The summed E-state index contributed by atoms with van der Waals surface area (Å²) in [4.78, 5) is 4.58. The molecule has 1 fully saturated rings. The summed E-state index contributed by atoms with van der Waals surface area (Å²) in [6.07, 6.45) is 0. The molecule has 7 heteroatoms. The molecule has 0 radical (unpaired) electrons. The van der Waals surface area contributed by atoms with Crippen molar-refractivity contribution < 1.29 is 9.46 Å². The van der Waals surface area contributed by atoms with E-state index in [2.05, 4.69) is 16.7 Å². The average Bonchev–Trinajstić information content (AvgIpc) is 2.76. The van der Waals surface area contributed by atoms with E-state index in [9.17, 15) is 15.7 Å². The average molecular weight is 375 g/mol. The number of piperazine rings is 1. The van der Waals surface area contributed by atoms with Crippen LogP contribution in [0, 0.1) is 21.7 Å². The molecule has 2 aromatic carbocycles. The van der Waals surface area contributed by atoms with E-state index in [0.29, 0.717) is 15.0 Å². The summed E-state index contributed by atoms with van der Waals surface area (Å²) in [6, 6.07) is 16.0. The standard InChI is InChI=1S/C21H21N5O2/c1-2-23-10-12-24(13-11-23)17-8-9-18-19(14-17)25(27)20(15-22)21(26(18)28)16-6-4-3-5-7-16/h3-9,14H,2,10-13H2,1H3. The Labute approximate surface area is 163 Å². The second-order valence-corrected chi connectivity index (χ2v) is 6.86. The van der Waals surface area contributed by atoms with E-state index in [-0.39, 0.29) is 22.4 Å². The topological polar surface area (TPSA) is 84.2 Å². The van der Waals surface area contributed by atoms with Gasteiger partial charge >= 0.3 is 11.4 Å². The number of hydrogen-bond acceptors (Lipinski definition) is 5. The molecule has 0 atom stereocenters. The minimum atomic E-state index is -0.193. The van der Waals surface area contributed by atoms with Crippen LogP contribution in [-0.2, 0) is 0 Å². The fourth-order valence-corrected chi connectivity index (χ4v) is 3.75. The van der Waals surface area contributed by atoms with Crippen LogP contribution in [0.1, 0.15) is 12.6 Å². The van der Waals surface area contributed by atoms with Crippen molar-refractivity contribution in [1.29, 1.82) is 5.26 Å². The molecule has 142 valence electrons. The van der Waals surface area contributed by atoms with Crippen LogP contribution in [0.2, 0.25) is 0 Å². The van der Waals surface area contributed by atoms with Crippen molar-refractivity contribution in [2.24, 2.45) is 0 Å². The zero-order valence-electron chi connectivity index (χ0n) is 15.7. The Hall–Kier alpha value is -3.37. The third kappa shape index (κ3) is 2.98. The van der Waals surface area contributed by atoms with Crippen LogP contribution < -0.4 is 14.4 Å². The summed E-state index contributed by atoms with van der Waals surface area (Å²) in [7, 11) is 0. The molecular formula is C21H21N5O2. The molecule has 3 aromatic rings. The highest BCUT2D eigenvalue weighted by atomic mass is 16.5. The number of likely N-dealkylation sites (N-methyl/N-ethyl adjacent to an activating group) is 1. The van der Waals surface area contributed by atoms with Crippen molar-refractivity contribution in [3.05, 3.63) is 64.6 Å². The molecule has 2 heterocycles. The molecule has 4 rings (SSSR count). The molecule has 1 saturated heterocycles. The molecular weight excluding hydrogens is 354 g/mol. The summed E-state index contributed by atoms with van der Waals surface area (Å²) < 4.78 is 1.27. The van der Waals surface area contributed by atoms with Crippen LogP contribution in [0.3, 0.4) is 0 Å². The molecule has 0 saturated carbocycles. The Bertz CT molecular complexity index is 1050. The number of hydrogen-bond donors (Lipinski definition) is 0. The molecule has 0 aliphatic carbocycles. The van der Waals surface area contributed by atoms with Gasteiger partial charge in [0.25, 0.3) is 11.0 Å². The van der Waals surface area contributed by atoms with Crippen molar-refractivity contribution in [1.82, 2.24) is 4.90 Å². The highest BCUT2D eigenvalue weighted by Gasteiger charge is 2.30. The summed E-state index contributed by atoms with van der Waals surface area (Å²) in [5.74, 6) is 0. The number of nitriles is 1. The highest BCUT2D eigenvalue weighted by molar-refractivity contribution is 5.76. The normalized spacial score (nSPS) is 14.9. The third-order valence-electron chi connectivity index (χ3n) is 5.36. The van der Waals surface area contributed by atoms with Gasteiger partial charge in [0.15, 0.2) is 6.07 Å². The van der Waals surface area contributed by atoms with Crippen LogP contribution in [0.5, 0.6) is 0 Å². The third-order valence-corrected chi connectivity index (χ3v) is 5.36. The number of benzene rings is 2. The van der Waals surface area contributed by atoms with Gasteiger partial charge in [-0.05, 0) is 24.7 Å².